The average Bonchev–Trinajstić information content (AvgIpc) is 2.66. The molecule has 1 aliphatic rings. The first-order valence-corrected chi connectivity index (χ1v) is 7.58. The molecule has 21 heavy (non-hydrogen) atoms. The summed E-state index contributed by atoms with van der Waals surface area (Å²) < 4.78 is 40.5. The maximum Gasteiger partial charge on any atom is 0.391 e. The van der Waals surface area contributed by atoms with E-state index in [9.17, 15) is 13.2 Å². The molecular weight excluding hydrogens is 279 g/mol. The molecule has 120 valence electrons. The lowest BCUT2D eigenvalue weighted by Gasteiger charge is -2.30. The number of halogens is 3. The van der Waals surface area contributed by atoms with Crippen molar-refractivity contribution < 1.29 is 13.2 Å². The van der Waals surface area contributed by atoms with Crippen molar-refractivity contribution in [3.63, 3.8) is 0 Å². The molecule has 0 radical (unpaired) electrons. The van der Waals surface area contributed by atoms with E-state index in [2.05, 4.69) is 18.9 Å². The largest absolute Gasteiger partial charge is 0.391 e. The molecule has 2 unspecified atom stereocenters. The first-order chi connectivity index (χ1) is 9.70. The summed E-state index contributed by atoms with van der Waals surface area (Å²) >= 11 is 0. The van der Waals surface area contributed by atoms with Crippen LogP contribution in [0.4, 0.5) is 19.0 Å². The van der Waals surface area contributed by atoms with Gasteiger partial charge in [0.15, 0.2) is 0 Å². The Labute approximate surface area is 123 Å². The van der Waals surface area contributed by atoms with Crippen LogP contribution >= 0.6 is 0 Å². The maximum atomic E-state index is 13.0. The molecule has 0 spiro atoms. The molecule has 3 nitrogen and oxygen atoms in total. The molecule has 6 heteroatoms. The normalized spacial score (nSPS) is 23.8. The van der Waals surface area contributed by atoms with Gasteiger partial charge in [-0.05, 0) is 31.6 Å². The van der Waals surface area contributed by atoms with Gasteiger partial charge in [0, 0.05) is 18.5 Å². The molecule has 0 aromatic carbocycles. The summed E-state index contributed by atoms with van der Waals surface area (Å²) in [4.78, 5) is 0. The molecule has 0 bridgehead atoms. The zero-order valence-electron chi connectivity index (χ0n) is 12.9. The molecule has 2 N–H and O–H groups in total. The summed E-state index contributed by atoms with van der Waals surface area (Å²) in [5, 5.41) is 4.43. The predicted octanol–water partition coefficient (Wildman–Crippen LogP) is 4.04. The molecule has 1 aromatic rings. The van der Waals surface area contributed by atoms with Crippen molar-refractivity contribution >= 4 is 5.82 Å². The number of rotatable bonds is 3. The first-order valence-electron chi connectivity index (χ1n) is 7.58. The number of nitrogen functional groups attached to an aromatic ring is 1. The van der Waals surface area contributed by atoms with E-state index >= 15 is 0 Å². The molecule has 1 heterocycles. The van der Waals surface area contributed by atoms with Crippen LogP contribution in [0.5, 0.6) is 0 Å². The lowest BCUT2D eigenvalue weighted by molar-refractivity contribution is -0.183. The quantitative estimate of drug-likeness (QED) is 0.916. The van der Waals surface area contributed by atoms with E-state index < -0.39 is 12.1 Å². The van der Waals surface area contributed by atoms with Crippen LogP contribution in [0.1, 0.15) is 56.7 Å². The summed E-state index contributed by atoms with van der Waals surface area (Å²) in [5.74, 6) is -0.334. The Bertz CT molecular complexity index is 491. The van der Waals surface area contributed by atoms with Crippen LogP contribution in [0.3, 0.4) is 0 Å². The van der Waals surface area contributed by atoms with Crippen molar-refractivity contribution in [2.45, 2.75) is 58.0 Å². The van der Waals surface area contributed by atoms with Crippen LogP contribution in [-0.2, 0) is 13.5 Å². The number of nitrogens with zero attached hydrogens (tertiary/aromatic N) is 2. The number of aryl methyl sites for hydroxylation is 1. The maximum absolute atomic E-state index is 13.0. The van der Waals surface area contributed by atoms with Gasteiger partial charge >= 0.3 is 6.18 Å². The van der Waals surface area contributed by atoms with E-state index in [-0.39, 0.29) is 18.8 Å². The Balaban J connectivity index is 2.27. The molecule has 1 fully saturated rings. The molecule has 2 rings (SSSR count). The Morgan fingerprint density at radius 1 is 1.33 bits per heavy atom. The first kappa shape index (κ1) is 16.2. The molecule has 2 atom stereocenters. The molecule has 0 saturated heterocycles. The van der Waals surface area contributed by atoms with Crippen molar-refractivity contribution in [1.29, 1.82) is 0 Å². The van der Waals surface area contributed by atoms with Crippen molar-refractivity contribution in [1.82, 2.24) is 9.78 Å². The highest BCUT2D eigenvalue weighted by Gasteiger charge is 2.43. The van der Waals surface area contributed by atoms with Gasteiger partial charge in [0.2, 0.25) is 0 Å². The highest BCUT2D eigenvalue weighted by atomic mass is 19.4. The minimum atomic E-state index is -4.10. The van der Waals surface area contributed by atoms with Gasteiger partial charge in [-0.25, -0.2) is 0 Å². The third-order valence-electron chi connectivity index (χ3n) is 4.36. The molecule has 1 aliphatic carbocycles. The fraction of sp³-hybridized carbons (Fsp3) is 0.800. The van der Waals surface area contributed by atoms with Gasteiger partial charge in [-0.1, -0.05) is 20.3 Å². The second kappa shape index (κ2) is 5.89. The van der Waals surface area contributed by atoms with Gasteiger partial charge in [0.1, 0.15) is 5.82 Å². The van der Waals surface area contributed by atoms with Crippen LogP contribution in [0.15, 0.2) is 0 Å². The number of nitrogens with two attached hydrogens (primary N) is 1. The summed E-state index contributed by atoms with van der Waals surface area (Å²) in [7, 11) is 1.76. The van der Waals surface area contributed by atoms with Gasteiger partial charge in [0.25, 0.3) is 0 Å². The number of hydrogen-bond acceptors (Lipinski definition) is 2. The van der Waals surface area contributed by atoms with Crippen LogP contribution in [0.2, 0.25) is 0 Å². The SMILES string of the molecule is CC(C)Cc1c(C2CCCC(C(F)(F)F)C2)nn(C)c1N. The second-order valence-electron chi connectivity index (χ2n) is 6.57. The van der Waals surface area contributed by atoms with Gasteiger partial charge in [-0.15, -0.1) is 0 Å². The van der Waals surface area contributed by atoms with Crippen LogP contribution in [0, 0.1) is 11.8 Å². The Kier molecular flexibility index (Phi) is 4.54. The van der Waals surface area contributed by atoms with E-state index in [0.29, 0.717) is 18.2 Å². The van der Waals surface area contributed by atoms with Gasteiger partial charge in [0.05, 0.1) is 11.6 Å². The van der Waals surface area contributed by atoms with Crippen molar-refractivity contribution in [3.8, 4) is 0 Å². The average molecular weight is 303 g/mol. The summed E-state index contributed by atoms with van der Waals surface area (Å²) in [6.45, 7) is 4.16. The van der Waals surface area contributed by atoms with E-state index in [1.807, 2.05) is 0 Å². The smallest absolute Gasteiger partial charge is 0.384 e. The minimum Gasteiger partial charge on any atom is -0.384 e. The summed E-state index contributed by atoms with van der Waals surface area (Å²) in [6, 6.07) is 0. The van der Waals surface area contributed by atoms with E-state index in [1.165, 1.54) is 0 Å². The lowest BCUT2D eigenvalue weighted by Crippen LogP contribution is -2.28. The van der Waals surface area contributed by atoms with Crippen LogP contribution < -0.4 is 5.73 Å². The number of aromatic nitrogens is 2. The van der Waals surface area contributed by atoms with E-state index in [1.54, 1.807) is 11.7 Å². The van der Waals surface area contributed by atoms with Gasteiger partial charge in [-0.2, -0.15) is 18.3 Å². The third-order valence-corrected chi connectivity index (χ3v) is 4.36. The molecule has 0 amide bonds. The van der Waals surface area contributed by atoms with Crippen LogP contribution in [0.25, 0.3) is 0 Å². The van der Waals surface area contributed by atoms with E-state index in [4.69, 9.17) is 5.73 Å². The monoisotopic (exact) mass is 303 g/mol. The highest BCUT2D eigenvalue weighted by Crippen LogP contribution is 2.44. The summed E-state index contributed by atoms with van der Waals surface area (Å²) in [6.07, 6.45) is -1.58. The topological polar surface area (TPSA) is 43.8 Å². The third kappa shape index (κ3) is 3.52. The highest BCUT2D eigenvalue weighted by molar-refractivity contribution is 5.45. The zero-order valence-corrected chi connectivity index (χ0v) is 12.9. The Hall–Kier alpha value is -1.20. The fourth-order valence-corrected chi connectivity index (χ4v) is 3.28. The summed E-state index contributed by atoms with van der Waals surface area (Å²) in [5.41, 5.74) is 7.79. The molecule has 1 aromatic heterocycles. The Morgan fingerprint density at radius 3 is 2.57 bits per heavy atom. The second-order valence-corrected chi connectivity index (χ2v) is 6.57. The van der Waals surface area contributed by atoms with Gasteiger partial charge in [-0.3, -0.25) is 4.68 Å². The molecule has 0 aliphatic heterocycles. The standard InChI is InChI=1S/C15H24F3N3/c1-9(2)7-12-13(20-21(3)14(12)19)10-5-4-6-11(8-10)15(16,17)18/h9-11H,4-8,19H2,1-3H3. The fourth-order valence-electron chi connectivity index (χ4n) is 3.28. The van der Waals surface area contributed by atoms with E-state index in [0.717, 1.165) is 24.1 Å². The number of alkyl halides is 3. The van der Waals surface area contributed by atoms with Gasteiger partial charge < -0.3 is 5.73 Å². The lowest BCUT2D eigenvalue weighted by atomic mass is 9.78. The zero-order chi connectivity index (χ0) is 15.8. The number of anilines is 1. The number of hydrogen-bond donors (Lipinski definition) is 1. The minimum absolute atomic E-state index is 0.123. The molecule has 1 saturated carbocycles. The molecular formula is C15H24F3N3. The predicted molar refractivity (Wildman–Crippen MR) is 76.9 cm³/mol. The van der Waals surface area contributed by atoms with Crippen molar-refractivity contribution in [3.05, 3.63) is 11.3 Å². The van der Waals surface area contributed by atoms with Crippen molar-refractivity contribution in [2.75, 3.05) is 5.73 Å². The van der Waals surface area contributed by atoms with Crippen LogP contribution in [-0.4, -0.2) is 16.0 Å². The van der Waals surface area contributed by atoms with Crippen molar-refractivity contribution in [2.24, 2.45) is 18.9 Å². The Morgan fingerprint density at radius 2 is 2.00 bits per heavy atom.